The van der Waals surface area contributed by atoms with Crippen molar-refractivity contribution in [2.45, 2.75) is 25.7 Å². The molecule has 0 bridgehead atoms. The summed E-state index contributed by atoms with van der Waals surface area (Å²) in [4.78, 5) is 27.1. The molecule has 0 saturated carbocycles. The molecule has 6 heteroatoms. The van der Waals surface area contributed by atoms with E-state index in [1.165, 1.54) is 0 Å². The smallest absolute Gasteiger partial charge is 0.315 e. The molecule has 2 heterocycles. The summed E-state index contributed by atoms with van der Waals surface area (Å²) in [6.45, 7) is 2.02. The lowest BCUT2D eigenvalue weighted by Gasteiger charge is -2.37. The van der Waals surface area contributed by atoms with Gasteiger partial charge in [0.1, 0.15) is 5.69 Å². The van der Waals surface area contributed by atoms with Gasteiger partial charge in [0.05, 0.1) is 6.04 Å². The predicted octanol–water partition coefficient (Wildman–Crippen LogP) is 3.01. The van der Waals surface area contributed by atoms with Crippen LogP contribution >= 0.6 is 0 Å². The highest BCUT2D eigenvalue weighted by Gasteiger charge is 2.32. The van der Waals surface area contributed by atoms with Crippen LogP contribution in [-0.2, 0) is 19.6 Å². The molecule has 1 atom stereocenters. The van der Waals surface area contributed by atoms with E-state index in [9.17, 15) is 9.59 Å². The summed E-state index contributed by atoms with van der Waals surface area (Å²) < 4.78 is 1.96. The molecule has 4 rings (SSSR count). The van der Waals surface area contributed by atoms with Crippen LogP contribution in [0, 0.1) is 0 Å². The van der Waals surface area contributed by atoms with E-state index in [1.54, 1.807) is 0 Å². The number of rotatable bonds is 6. The van der Waals surface area contributed by atoms with E-state index in [1.807, 2.05) is 88.5 Å². The Morgan fingerprint density at radius 2 is 1.59 bits per heavy atom. The second kappa shape index (κ2) is 8.65. The summed E-state index contributed by atoms with van der Waals surface area (Å²) in [6.07, 6.45) is 1.91. The van der Waals surface area contributed by atoms with Crippen molar-refractivity contribution in [2.75, 3.05) is 6.54 Å². The Bertz CT molecular complexity index is 969. The molecular weight excluding hydrogens is 364 g/mol. The fourth-order valence-corrected chi connectivity index (χ4v) is 3.61. The monoisotopic (exact) mass is 388 g/mol. The first-order valence-corrected chi connectivity index (χ1v) is 9.76. The van der Waals surface area contributed by atoms with Gasteiger partial charge >= 0.3 is 6.03 Å². The average Bonchev–Trinajstić information content (AvgIpc) is 3.23. The molecular formula is C23H24N4O2. The first-order valence-electron chi connectivity index (χ1n) is 9.76. The first kappa shape index (κ1) is 18.8. The van der Waals surface area contributed by atoms with Crippen LogP contribution in [0.3, 0.4) is 0 Å². The van der Waals surface area contributed by atoms with Crippen molar-refractivity contribution < 1.29 is 9.59 Å². The zero-order valence-corrected chi connectivity index (χ0v) is 16.1. The minimum Gasteiger partial charge on any atom is -0.341 e. The maximum atomic E-state index is 13.0. The third kappa shape index (κ3) is 4.48. The molecule has 1 unspecified atom stereocenters. The van der Waals surface area contributed by atoms with E-state index in [0.717, 1.165) is 11.1 Å². The third-order valence-electron chi connectivity index (χ3n) is 5.15. The van der Waals surface area contributed by atoms with Crippen molar-refractivity contribution in [3.63, 3.8) is 0 Å². The summed E-state index contributed by atoms with van der Waals surface area (Å²) in [5.74, 6) is -0.0124. The summed E-state index contributed by atoms with van der Waals surface area (Å²) in [5, 5.41) is 5.79. The van der Waals surface area contributed by atoms with Crippen LogP contribution in [0.5, 0.6) is 0 Å². The van der Waals surface area contributed by atoms with Crippen LogP contribution in [-0.4, -0.2) is 34.0 Å². The summed E-state index contributed by atoms with van der Waals surface area (Å²) >= 11 is 0. The van der Waals surface area contributed by atoms with Crippen LogP contribution in [0.25, 0.3) is 0 Å². The van der Waals surface area contributed by atoms with Crippen molar-refractivity contribution in [3.8, 4) is 0 Å². The van der Waals surface area contributed by atoms with Crippen LogP contribution in [0.1, 0.15) is 21.6 Å². The maximum absolute atomic E-state index is 13.0. The van der Waals surface area contributed by atoms with Crippen LogP contribution in [0.15, 0.2) is 79.0 Å². The highest BCUT2D eigenvalue weighted by molar-refractivity contribution is 5.93. The van der Waals surface area contributed by atoms with Gasteiger partial charge in [0, 0.05) is 32.4 Å². The normalized spacial score (nSPS) is 15.7. The Morgan fingerprint density at radius 3 is 2.31 bits per heavy atom. The molecule has 29 heavy (non-hydrogen) atoms. The molecule has 0 spiro atoms. The molecule has 0 aliphatic carbocycles. The van der Waals surface area contributed by atoms with Crippen molar-refractivity contribution in [2.24, 2.45) is 0 Å². The number of carbonyl (C=O) groups is 2. The second-order valence-corrected chi connectivity index (χ2v) is 7.17. The molecule has 1 aliphatic rings. The maximum Gasteiger partial charge on any atom is 0.315 e. The van der Waals surface area contributed by atoms with E-state index in [4.69, 9.17) is 0 Å². The quantitative estimate of drug-likeness (QED) is 0.682. The van der Waals surface area contributed by atoms with Gasteiger partial charge in [-0.05, 0) is 23.3 Å². The lowest BCUT2D eigenvalue weighted by atomic mass is 10.1. The summed E-state index contributed by atoms with van der Waals surface area (Å²) in [5.41, 5.74) is 2.79. The largest absolute Gasteiger partial charge is 0.341 e. The molecule has 1 aliphatic heterocycles. The van der Waals surface area contributed by atoms with E-state index < -0.39 is 0 Å². The van der Waals surface area contributed by atoms with Crippen molar-refractivity contribution >= 4 is 11.9 Å². The topological polar surface area (TPSA) is 66.4 Å². The van der Waals surface area contributed by atoms with Gasteiger partial charge in [-0.1, -0.05) is 60.7 Å². The second-order valence-electron chi connectivity index (χ2n) is 7.17. The lowest BCUT2D eigenvalue weighted by Crippen LogP contribution is -2.53. The SMILES string of the molecule is O=C(NCc1ccccc1)NCC1Cn2cccc2C(=O)N1Cc1ccccc1. The van der Waals surface area contributed by atoms with Crippen molar-refractivity contribution in [1.82, 2.24) is 20.1 Å². The zero-order chi connectivity index (χ0) is 20.1. The standard InChI is InChI=1S/C23H24N4O2/c28-22-21-12-7-13-26(21)17-20(27(22)16-19-10-5-2-6-11-19)15-25-23(29)24-14-18-8-3-1-4-9-18/h1-13,20H,14-17H2,(H2,24,25,29). The Labute approximate surface area is 170 Å². The molecule has 2 aromatic carbocycles. The Morgan fingerprint density at radius 1 is 0.897 bits per heavy atom. The number of fused-ring (bicyclic) bond motifs is 1. The van der Waals surface area contributed by atoms with Gasteiger partial charge in [-0.25, -0.2) is 4.79 Å². The van der Waals surface area contributed by atoms with Gasteiger partial charge in [0.25, 0.3) is 5.91 Å². The van der Waals surface area contributed by atoms with E-state index in [2.05, 4.69) is 10.6 Å². The first-order chi connectivity index (χ1) is 14.2. The Balaban J connectivity index is 1.41. The highest BCUT2D eigenvalue weighted by Crippen LogP contribution is 2.20. The number of benzene rings is 2. The van der Waals surface area contributed by atoms with E-state index in [0.29, 0.717) is 31.9 Å². The molecule has 1 aromatic heterocycles. The number of amides is 3. The van der Waals surface area contributed by atoms with Crippen LogP contribution in [0.2, 0.25) is 0 Å². The number of nitrogens with zero attached hydrogens (tertiary/aromatic N) is 2. The third-order valence-corrected chi connectivity index (χ3v) is 5.15. The molecule has 6 nitrogen and oxygen atoms in total. The molecule has 0 saturated heterocycles. The molecule has 0 radical (unpaired) electrons. The number of hydrogen-bond acceptors (Lipinski definition) is 2. The fourth-order valence-electron chi connectivity index (χ4n) is 3.61. The minimum atomic E-state index is -0.237. The molecule has 2 N–H and O–H groups in total. The van der Waals surface area contributed by atoms with Crippen molar-refractivity contribution in [1.29, 1.82) is 0 Å². The molecule has 3 amide bonds. The van der Waals surface area contributed by atoms with E-state index in [-0.39, 0.29) is 18.0 Å². The zero-order valence-electron chi connectivity index (χ0n) is 16.1. The number of carbonyl (C=O) groups excluding carboxylic acids is 2. The number of aromatic nitrogens is 1. The number of nitrogens with one attached hydrogen (secondary N) is 2. The van der Waals surface area contributed by atoms with Crippen LogP contribution in [0.4, 0.5) is 4.79 Å². The Hall–Kier alpha value is -3.54. The average molecular weight is 388 g/mol. The highest BCUT2D eigenvalue weighted by atomic mass is 16.2. The summed E-state index contributed by atoms with van der Waals surface area (Å²) in [7, 11) is 0. The van der Waals surface area contributed by atoms with Crippen LogP contribution < -0.4 is 10.6 Å². The van der Waals surface area contributed by atoms with Crippen molar-refractivity contribution in [3.05, 3.63) is 95.8 Å². The molecule has 148 valence electrons. The van der Waals surface area contributed by atoms with Gasteiger partial charge in [0.15, 0.2) is 0 Å². The fraction of sp³-hybridized carbons (Fsp3) is 0.217. The van der Waals surface area contributed by atoms with Gasteiger partial charge in [-0.2, -0.15) is 0 Å². The predicted molar refractivity (Wildman–Crippen MR) is 111 cm³/mol. The Kier molecular flexibility index (Phi) is 5.61. The van der Waals surface area contributed by atoms with E-state index >= 15 is 0 Å². The van der Waals surface area contributed by atoms with Gasteiger partial charge < -0.3 is 20.1 Å². The molecule has 3 aromatic rings. The number of urea groups is 1. The lowest BCUT2D eigenvalue weighted by molar-refractivity contribution is 0.0574. The van der Waals surface area contributed by atoms with Gasteiger partial charge in [-0.3, -0.25) is 4.79 Å². The van der Waals surface area contributed by atoms with Gasteiger partial charge in [0.2, 0.25) is 0 Å². The molecule has 0 fully saturated rings. The van der Waals surface area contributed by atoms with Gasteiger partial charge in [-0.15, -0.1) is 0 Å². The minimum absolute atomic E-state index is 0.0124. The summed E-state index contributed by atoms with van der Waals surface area (Å²) in [6, 6.07) is 23.1. The number of hydrogen-bond donors (Lipinski definition) is 2.